The predicted molar refractivity (Wildman–Crippen MR) is 139 cm³/mol. The van der Waals surface area contributed by atoms with E-state index in [1.807, 2.05) is 70.9 Å². The zero-order valence-corrected chi connectivity index (χ0v) is 19.8. The van der Waals surface area contributed by atoms with Gasteiger partial charge in [-0.25, -0.2) is 0 Å². The molecule has 0 aliphatic carbocycles. The second kappa shape index (κ2) is 9.66. The van der Waals surface area contributed by atoms with Gasteiger partial charge in [-0.05, 0) is 60.1 Å². The maximum Gasteiger partial charge on any atom is 0.293 e. The summed E-state index contributed by atoms with van der Waals surface area (Å²) in [4.78, 5) is 29.9. The van der Waals surface area contributed by atoms with E-state index in [1.54, 1.807) is 6.07 Å². The lowest BCUT2D eigenvalue weighted by Gasteiger charge is -2.36. The van der Waals surface area contributed by atoms with Crippen LogP contribution in [0.25, 0.3) is 11.0 Å². The van der Waals surface area contributed by atoms with Crippen LogP contribution in [0, 0.1) is 0 Å². The summed E-state index contributed by atoms with van der Waals surface area (Å²) in [5, 5.41) is 8.66. The molecule has 1 aliphatic rings. The Morgan fingerprint density at radius 3 is 2.41 bits per heavy atom. The Morgan fingerprint density at radius 2 is 1.71 bits per heavy atom. The van der Waals surface area contributed by atoms with Gasteiger partial charge in [-0.1, -0.05) is 24.3 Å². The highest BCUT2D eigenvalue weighted by Crippen LogP contribution is 2.22. The summed E-state index contributed by atoms with van der Waals surface area (Å²) in [6.45, 7) is 2.93. The molecule has 4 aromatic rings. The van der Waals surface area contributed by atoms with Crippen LogP contribution in [0.1, 0.15) is 20.2 Å². The third-order valence-corrected chi connectivity index (χ3v) is 6.73. The Morgan fingerprint density at radius 1 is 0.941 bits per heavy atom. The van der Waals surface area contributed by atoms with Gasteiger partial charge in [0.25, 0.3) is 11.8 Å². The lowest BCUT2D eigenvalue weighted by atomic mass is 10.2. The summed E-state index contributed by atoms with van der Waals surface area (Å²) < 4.78 is 5.58. The summed E-state index contributed by atoms with van der Waals surface area (Å²) >= 11 is 6.77. The molecule has 0 radical (unpaired) electrons. The topological polar surface area (TPSA) is 77.8 Å². The Bertz CT molecular complexity index is 1290. The fraction of sp³-hybridized carbons (Fsp3) is 0.160. The van der Waals surface area contributed by atoms with Crippen LogP contribution in [-0.4, -0.2) is 48.0 Å². The summed E-state index contributed by atoms with van der Waals surface area (Å²) in [5.74, 6) is -0.0925. The van der Waals surface area contributed by atoms with Crippen LogP contribution in [-0.2, 0) is 0 Å². The highest BCUT2D eigenvalue weighted by molar-refractivity contribution is 7.80. The molecule has 7 nitrogen and oxygen atoms in total. The first-order valence-corrected chi connectivity index (χ1v) is 12.1. The maximum atomic E-state index is 12.5. The van der Waals surface area contributed by atoms with Crippen LogP contribution in [0.3, 0.4) is 0 Å². The average Bonchev–Trinajstić information content (AvgIpc) is 3.54. The average molecular weight is 491 g/mol. The molecule has 2 aromatic heterocycles. The van der Waals surface area contributed by atoms with E-state index in [-0.39, 0.29) is 16.8 Å². The van der Waals surface area contributed by atoms with Crippen molar-refractivity contribution in [2.24, 2.45) is 0 Å². The van der Waals surface area contributed by atoms with Gasteiger partial charge in [-0.2, -0.15) is 0 Å². The molecule has 172 valence electrons. The molecule has 34 heavy (non-hydrogen) atoms. The van der Waals surface area contributed by atoms with Crippen LogP contribution in [0.4, 0.5) is 11.4 Å². The van der Waals surface area contributed by atoms with Gasteiger partial charge < -0.3 is 19.5 Å². The summed E-state index contributed by atoms with van der Waals surface area (Å²) in [6, 6.07) is 20.7. The quantitative estimate of drug-likeness (QED) is 0.408. The molecule has 0 unspecified atom stereocenters. The van der Waals surface area contributed by atoms with E-state index in [0.29, 0.717) is 18.7 Å². The number of amides is 2. The molecule has 1 fully saturated rings. The first-order chi connectivity index (χ1) is 16.6. The Labute approximate surface area is 206 Å². The van der Waals surface area contributed by atoms with Gasteiger partial charge in [0, 0.05) is 42.9 Å². The zero-order valence-electron chi connectivity index (χ0n) is 18.2. The van der Waals surface area contributed by atoms with Gasteiger partial charge in [-0.3, -0.25) is 14.9 Å². The number of benzene rings is 2. The fourth-order valence-corrected chi connectivity index (χ4v) is 4.80. The smallest absolute Gasteiger partial charge is 0.293 e. The van der Waals surface area contributed by atoms with Crippen molar-refractivity contribution in [1.82, 2.24) is 10.2 Å². The van der Waals surface area contributed by atoms with Crippen molar-refractivity contribution < 1.29 is 14.0 Å². The second-order valence-corrected chi connectivity index (χ2v) is 9.22. The summed E-state index contributed by atoms with van der Waals surface area (Å²) in [5.41, 5.74) is 2.50. The normalized spacial score (nSPS) is 13.6. The molecule has 0 bridgehead atoms. The number of anilines is 2. The van der Waals surface area contributed by atoms with Gasteiger partial charge >= 0.3 is 0 Å². The number of furan rings is 1. The van der Waals surface area contributed by atoms with E-state index in [2.05, 4.69) is 15.5 Å². The Kier molecular flexibility index (Phi) is 6.29. The lowest BCUT2D eigenvalue weighted by Crippen LogP contribution is -2.48. The van der Waals surface area contributed by atoms with Crippen molar-refractivity contribution >= 4 is 62.8 Å². The molecular weight excluding hydrogens is 468 g/mol. The molecule has 0 saturated carbocycles. The first-order valence-electron chi connectivity index (χ1n) is 10.9. The van der Waals surface area contributed by atoms with E-state index in [0.717, 1.165) is 34.7 Å². The number of piperazine rings is 1. The van der Waals surface area contributed by atoms with E-state index in [9.17, 15) is 9.59 Å². The monoisotopic (exact) mass is 490 g/mol. The molecule has 0 atom stereocenters. The number of thiocarbonyl (C=S) groups is 1. The van der Waals surface area contributed by atoms with Crippen LogP contribution in [0.5, 0.6) is 0 Å². The minimum absolute atomic E-state index is 0.104. The minimum Gasteiger partial charge on any atom is -0.451 e. The van der Waals surface area contributed by atoms with Crippen LogP contribution in [0.2, 0.25) is 0 Å². The molecule has 1 aliphatic heterocycles. The molecule has 2 N–H and O–H groups in total. The van der Waals surface area contributed by atoms with Crippen LogP contribution < -0.4 is 15.5 Å². The molecule has 9 heteroatoms. The lowest BCUT2D eigenvalue weighted by molar-refractivity contribution is 0.0751. The Hall–Kier alpha value is -3.69. The number of fused-ring (bicyclic) bond motifs is 1. The molecular formula is C25H22N4O3S2. The van der Waals surface area contributed by atoms with Crippen molar-refractivity contribution in [3.8, 4) is 0 Å². The molecule has 2 amide bonds. The second-order valence-electron chi connectivity index (χ2n) is 7.86. The Balaban J connectivity index is 1.13. The number of carbonyl (C=O) groups is 2. The van der Waals surface area contributed by atoms with E-state index >= 15 is 0 Å². The van der Waals surface area contributed by atoms with Crippen LogP contribution >= 0.6 is 23.6 Å². The zero-order chi connectivity index (χ0) is 23.5. The molecule has 3 heterocycles. The van der Waals surface area contributed by atoms with Gasteiger partial charge in [0.15, 0.2) is 10.9 Å². The SMILES string of the molecule is O=C(NC(=S)Nc1ccc(N2CCN(C(=O)c3cccs3)CC2)cc1)c1cc2ccccc2o1. The molecule has 2 aromatic carbocycles. The molecule has 1 saturated heterocycles. The van der Waals surface area contributed by atoms with Crippen molar-refractivity contribution in [3.63, 3.8) is 0 Å². The number of para-hydroxylation sites is 1. The largest absolute Gasteiger partial charge is 0.451 e. The maximum absolute atomic E-state index is 12.5. The van der Waals surface area contributed by atoms with Gasteiger partial charge in [0.1, 0.15) is 5.58 Å². The number of nitrogens with one attached hydrogen (secondary N) is 2. The summed E-state index contributed by atoms with van der Waals surface area (Å²) in [6.07, 6.45) is 0. The van der Waals surface area contributed by atoms with Crippen LogP contribution in [0.15, 0.2) is 76.5 Å². The minimum atomic E-state index is -0.403. The number of nitrogens with zero attached hydrogens (tertiary/aromatic N) is 2. The number of carbonyl (C=O) groups excluding carboxylic acids is 2. The summed E-state index contributed by atoms with van der Waals surface area (Å²) in [7, 11) is 0. The predicted octanol–water partition coefficient (Wildman–Crippen LogP) is 4.58. The van der Waals surface area contributed by atoms with Crippen molar-refractivity contribution in [3.05, 3.63) is 82.7 Å². The third-order valence-electron chi connectivity index (χ3n) is 5.67. The first kappa shape index (κ1) is 22.1. The number of hydrogen-bond acceptors (Lipinski definition) is 6. The fourth-order valence-electron chi connectivity index (χ4n) is 3.90. The standard InChI is InChI=1S/C25H22N4O3S2/c30-23(21-16-17-4-1-2-5-20(17)32-21)27-25(33)26-18-7-9-19(10-8-18)28-11-13-29(14-12-28)24(31)22-6-3-15-34-22/h1-10,15-16H,11-14H2,(H2,26,27,30,33). The number of thiophene rings is 1. The van der Waals surface area contributed by atoms with E-state index in [4.69, 9.17) is 16.6 Å². The van der Waals surface area contributed by atoms with Crippen molar-refractivity contribution in [2.75, 3.05) is 36.4 Å². The number of hydrogen-bond donors (Lipinski definition) is 2. The number of rotatable bonds is 4. The van der Waals surface area contributed by atoms with E-state index < -0.39 is 5.91 Å². The third kappa shape index (κ3) is 4.80. The highest BCUT2D eigenvalue weighted by atomic mass is 32.1. The molecule has 5 rings (SSSR count). The van der Waals surface area contributed by atoms with Gasteiger partial charge in [0.2, 0.25) is 0 Å². The van der Waals surface area contributed by atoms with E-state index in [1.165, 1.54) is 11.3 Å². The van der Waals surface area contributed by atoms with Gasteiger partial charge in [-0.15, -0.1) is 11.3 Å². The highest BCUT2D eigenvalue weighted by Gasteiger charge is 2.23. The van der Waals surface area contributed by atoms with Crippen molar-refractivity contribution in [2.45, 2.75) is 0 Å². The van der Waals surface area contributed by atoms with Crippen molar-refractivity contribution in [1.29, 1.82) is 0 Å². The van der Waals surface area contributed by atoms with Gasteiger partial charge in [0.05, 0.1) is 4.88 Å². The molecule has 0 spiro atoms.